The molecule has 0 saturated carbocycles. The molecule has 3 aromatic rings. The van der Waals surface area contributed by atoms with Crippen LogP contribution in [-0.2, 0) is 0 Å². The van der Waals surface area contributed by atoms with Gasteiger partial charge in [0.05, 0.1) is 0 Å². The quantitative estimate of drug-likeness (QED) is 0.669. The Balaban J connectivity index is 0.000000147. The number of hydrogen-bond donors (Lipinski definition) is 2. The molecular formula is C17H23N5. The summed E-state index contributed by atoms with van der Waals surface area (Å²) in [6.07, 6.45) is 14.9. The van der Waals surface area contributed by atoms with Crippen LogP contribution < -0.4 is 5.32 Å². The monoisotopic (exact) mass is 297 g/mol. The minimum atomic E-state index is 1.25. The Morgan fingerprint density at radius 1 is 0.591 bits per heavy atom. The van der Waals surface area contributed by atoms with Gasteiger partial charge in [0, 0.05) is 37.2 Å². The summed E-state index contributed by atoms with van der Waals surface area (Å²) in [4.78, 5) is 14.0. The Morgan fingerprint density at radius 3 is 1.36 bits per heavy atom. The number of H-pyrrole nitrogens is 1. The summed E-state index contributed by atoms with van der Waals surface area (Å²) in [5.41, 5.74) is 0. The highest BCUT2D eigenvalue weighted by atomic mass is 14.9. The van der Waals surface area contributed by atoms with Gasteiger partial charge < -0.3 is 10.3 Å². The number of aromatic nitrogens is 4. The van der Waals surface area contributed by atoms with Crippen LogP contribution in [0.2, 0.25) is 0 Å². The van der Waals surface area contributed by atoms with Crippen LogP contribution in [0.25, 0.3) is 0 Å². The van der Waals surface area contributed by atoms with Gasteiger partial charge >= 0.3 is 0 Å². The Bertz CT molecular complexity index is 385. The minimum absolute atomic E-state index is 1.25. The maximum atomic E-state index is 3.78. The third-order valence-electron chi connectivity index (χ3n) is 2.50. The van der Waals surface area contributed by atoms with E-state index in [0.29, 0.717) is 0 Å². The Hall–Kier alpha value is -2.53. The summed E-state index contributed by atoms with van der Waals surface area (Å²) < 4.78 is 0. The van der Waals surface area contributed by atoms with Crippen LogP contribution in [0.15, 0.2) is 79.9 Å². The highest BCUT2D eigenvalue weighted by Gasteiger charge is 1.93. The Kier molecular flexibility index (Phi) is 11.8. The van der Waals surface area contributed by atoms with Crippen molar-refractivity contribution in [3.63, 3.8) is 0 Å². The molecule has 1 saturated heterocycles. The molecule has 0 spiro atoms. The standard InChI is InChI=1S/C5H5N.C4H4N2.C4H9N.C4H5N/c1-2-4-6-5-3-1;1-2-5-4-6-3-1;2*1-2-4-5-3-1/h1-5H;1-4H;5H,1-4H2;1-5H. The lowest BCUT2D eigenvalue weighted by Crippen LogP contribution is -2.03. The lowest BCUT2D eigenvalue weighted by molar-refractivity contribution is 0.857. The van der Waals surface area contributed by atoms with Crippen molar-refractivity contribution < 1.29 is 0 Å². The van der Waals surface area contributed by atoms with Gasteiger partial charge in [0.1, 0.15) is 6.33 Å². The van der Waals surface area contributed by atoms with E-state index in [2.05, 4.69) is 25.3 Å². The summed E-state index contributed by atoms with van der Waals surface area (Å²) in [7, 11) is 0. The third-order valence-corrected chi connectivity index (χ3v) is 2.50. The topological polar surface area (TPSA) is 66.5 Å². The fraction of sp³-hybridized carbons (Fsp3) is 0.235. The normalized spacial score (nSPS) is 11.6. The third kappa shape index (κ3) is 12.5. The van der Waals surface area contributed by atoms with Crippen LogP contribution >= 0.6 is 0 Å². The number of hydrogen-bond acceptors (Lipinski definition) is 4. The van der Waals surface area contributed by atoms with E-state index in [4.69, 9.17) is 0 Å². The lowest BCUT2D eigenvalue weighted by atomic mass is 10.4. The molecule has 0 bridgehead atoms. The molecule has 3 aromatic heterocycles. The molecule has 4 heterocycles. The second-order valence-electron chi connectivity index (χ2n) is 4.27. The van der Waals surface area contributed by atoms with E-state index < -0.39 is 0 Å². The minimum Gasteiger partial charge on any atom is -0.368 e. The number of nitrogens with one attached hydrogen (secondary N) is 2. The molecule has 0 aliphatic carbocycles. The molecule has 1 aliphatic heterocycles. The molecule has 22 heavy (non-hydrogen) atoms. The molecule has 4 rings (SSSR count). The summed E-state index contributed by atoms with van der Waals surface area (Å²) in [5, 5.41) is 3.22. The summed E-state index contributed by atoms with van der Waals surface area (Å²) in [6.45, 7) is 2.50. The van der Waals surface area contributed by atoms with Crippen molar-refractivity contribution in [2.75, 3.05) is 13.1 Å². The van der Waals surface area contributed by atoms with Gasteiger partial charge in [0.2, 0.25) is 0 Å². The van der Waals surface area contributed by atoms with E-state index in [1.54, 1.807) is 30.9 Å². The molecule has 1 fully saturated rings. The van der Waals surface area contributed by atoms with Crippen molar-refractivity contribution in [1.29, 1.82) is 0 Å². The van der Waals surface area contributed by atoms with Gasteiger partial charge in [-0.15, -0.1) is 0 Å². The molecule has 0 radical (unpaired) electrons. The van der Waals surface area contributed by atoms with Gasteiger partial charge in [-0.25, -0.2) is 9.97 Å². The zero-order chi connectivity index (χ0) is 15.6. The largest absolute Gasteiger partial charge is 0.368 e. The van der Waals surface area contributed by atoms with E-state index >= 15 is 0 Å². The first kappa shape index (κ1) is 17.5. The molecule has 2 N–H and O–H groups in total. The van der Waals surface area contributed by atoms with Crippen molar-refractivity contribution in [3.8, 4) is 0 Å². The van der Waals surface area contributed by atoms with Crippen molar-refractivity contribution >= 4 is 0 Å². The molecule has 0 amide bonds. The maximum absolute atomic E-state index is 3.78. The lowest BCUT2D eigenvalue weighted by Gasteiger charge is -1.76. The average Bonchev–Trinajstić information content (AvgIpc) is 3.37. The highest BCUT2D eigenvalue weighted by Crippen LogP contribution is 1.90. The Labute approximate surface area is 131 Å². The van der Waals surface area contributed by atoms with Crippen molar-refractivity contribution in [1.82, 2.24) is 25.3 Å². The SMILES string of the molecule is C1CCNC1.c1cc[nH]c1.c1ccncc1.c1cncnc1. The van der Waals surface area contributed by atoms with E-state index in [-0.39, 0.29) is 0 Å². The van der Waals surface area contributed by atoms with Crippen LogP contribution in [-0.4, -0.2) is 33.0 Å². The first-order valence-electron chi connectivity index (χ1n) is 7.33. The van der Waals surface area contributed by atoms with Crippen LogP contribution in [0.1, 0.15) is 12.8 Å². The van der Waals surface area contributed by atoms with Crippen LogP contribution in [0.5, 0.6) is 0 Å². The van der Waals surface area contributed by atoms with E-state index in [1.807, 2.05) is 42.7 Å². The number of aromatic amines is 1. The predicted octanol–water partition coefficient (Wildman–Crippen LogP) is 2.94. The van der Waals surface area contributed by atoms with Crippen LogP contribution in [0, 0.1) is 0 Å². The van der Waals surface area contributed by atoms with Gasteiger partial charge in [0.25, 0.3) is 0 Å². The smallest absolute Gasteiger partial charge is 0.115 e. The molecule has 1 aliphatic rings. The Morgan fingerprint density at radius 2 is 1.18 bits per heavy atom. The molecule has 0 unspecified atom stereocenters. The maximum Gasteiger partial charge on any atom is 0.115 e. The van der Waals surface area contributed by atoms with E-state index in [1.165, 1.54) is 32.3 Å². The zero-order valence-electron chi connectivity index (χ0n) is 12.7. The van der Waals surface area contributed by atoms with E-state index in [0.717, 1.165) is 0 Å². The highest BCUT2D eigenvalue weighted by molar-refractivity contribution is 4.88. The van der Waals surface area contributed by atoms with Crippen LogP contribution in [0.4, 0.5) is 0 Å². The summed E-state index contributed by atoms with van der Waals surface area (Å²) in [6, 6.07) is 11.4. The molecule has 0 atom stereocenters. The second kappa shape index (κ2) is 14.9. The molecular weight excluding hydrogens is 274 g/mol. The van der Waals surface area contributed by atoms with Gasteiger partial charge in [-0.1, -0.05) is 6.07 Å². The van der Waals surface area contributed by atoms with E-state index in [9.17, 15) is 0 Å². The van der Waals surface area contributed by atoms with Crippen LogP contribution in [0.3, 0.4) is 0 Å². The zero-order valence-corrected chi connectivity index (χ0v) is 12.7. The number of rotatable bonds is 0. The first-order valence-corrected chi connectivity index (χ1v) is 7.33. The van der Waals surface area contributed by atoms with Gasteiger partial charge in [0.15, 0.2) is 0 Å². The average molecular weight is 297 g/mol. The molecule has 0 aromatic carbocycles. The number of nitrogens with zero attached hydrogens (tertiary/aromatic N) is 3. The van der Waals surface area contributed by atoms with Gasteiger partial charge in [-0.2, -0.15) is 0 Å². The summed E-state index contributed by atoms with van der Waals surface area (Å²) in [5.74, 6) is 0. The predicted molar refractivity (Wildman–Crippen MR) is 89.2 cm³/mol. The summed E-state index contributed by atoms with van der Waals surface area (Å²) >= 11 is 0. The fourth-order valence-corrected chi connectivity index (χ4v) is 1.47. The molecule has 5 heteroatoms. The first-order chi connectivity index (χ1) is 11.0. The van der Waals surface area contributed by atoms with Gasteiger partial charge in [-0.3, -0.25) is 4.98 Å². The molecule has 116 valence electrons. The van der Waals surface area contributed by atoms with Crippen molar-refractivity contribution in [3.05, 3.63) is 79.9 Å². The second-order valence-corrected chi connectivity index (χ2v) is 4.27. The van der Waals surface area contributed by atoms with Gasteiger partial charge in [-0.05, 0) is 56.3 Å². The fourth-order valence-electron chi connectivity index (χ4n) is 1.47. The number of pyridine rings is 1. The van der Waals surface area contributed by atoms with Crippen molar-refractivity contribution in [2.45, 2.75) is 12.8 Å². The van der Waals surface area contributed by atoms with Crippen molar-refractivity contribution in [2.24, 2.45) is 0 Å². The molecule has 5 nitrogen and oxygen atoms in total.